The first-order chi connectivity index (χ1) is 25.8. The minimum Gasteiger partial charge on any atom is -0.310 e. The summed E-state index contributed by atoms with van der Waals surface area (Å²) in [6, 6.07) is 77.8. The lowest BCUT2D eigenvalue weighted by molar-refractivity contribution is 0.768. The van der Waals surface area contributed by atoms with E-state index in [0.29, 0.717) is 0 Å². The number of benzene rings is 9. The van der Waals surface area contributed by atoms with Gasteiger partial charge in [-0.2, -0.15) is 0 Å². The van der Waals surface area contributed by atoms with Gasteiger partial charge in [-0.05, 0) is 91.0 Å². The molecule has 10 rings (SSSR count). The maximum atomic E-state index is 2.43. The van der Waals surface area contributed by atoms with E-state index >= 15 is 0 Å². The average molecular weight is 662 g/mol. The molecule has 0 saturated heterocycles. The van der Waals surface area contributed by atoms with Crippen molar-refractivity contribution in [1.82, 2.24) is 0 Å². The SMILES string of the molecule is c1ccc(C2(c3cccc(N(c4ccc(-c5cccc6ccccc56)cc4)c4cccc5ccccc45)c3)c3ccccc3-c3ccccc32)cc1. The second-order valence-electron chi connectivity index (χ2n) is 13.7. The van der Waals surface area contributed by atoms with E-state index in [-0.39, 0.29) is 0 Å². The van der Waals surface area contributed by atoms with E-state index in [1.54, 1.807) is 0 Å². The Balaban J connectivity index is 1.20. The lowest BCUT2D eigenvalue weighted by Crippen LogP contribution is -2.28. The predicted molar refractivity (Wildman–Crippen MR) is 219 cm³/mol. The highest BCUT2D eigenvalue weighted by Crippen LogP contribution is 2.56. The van der Waals surface area contributed by atoms with E-state index in [1.165, 1.54) is 66.1 Å². The van der Waals surface area contributed by atoms with Crippen LogP contribution in [0.2, 0.25) is 0 Å². The summed E-state index contributed by atoms with van der Waals surface area (Å²) >= 11 is 0. The second kappa shape index (κ2) is 12.3. The standard InChI is InChI=1S/C51H35N/c1-2-19-39(20-3-1)51(48-28-10-8-25-46(48)47-26-9-11-29-49(47)51)40-21-14-22-42(35-40)52(50-30-13-18-37-16-5-7-24-45(37)50)41-33-31-38(32-34-41)44-27-12-17-36-15-4-6-23-43(36)44/h1-35H. The van der Waals surface area contributed by atoms with Crippen LogP contribution in [0.15, 0.2) is 212 Å². The molecule has 0 fully saturated rings. The molecule has 1 aliphatic rings. The molecule has 9 aromatic rings. The van der Waals surface area contributed by atoms with E-state index < -0.39 is 5.41 Å². The fraction of sp³-hybridized carbons (Fsp3) is 0.0196. The highest BCUT2D eigenvalue weighted by atomic mass is 15.1. The van der Waals surface area contributed by atoms with Crippen LogP contribution in [0.3, 0.4) is 0 Å². The Bertz CT molecular complexity index is 2690. The molecule has 0 unspecified atom stereocenters. The van der Waals surface area contributed by atoms with Crippen molar-refractivity contribution in [3.8, 4) is 22.3 Å². The second-order valence-corrected chi connectivity index (χ2v) is 13.7. The van der Waals surface area contributed by atoms with Crippen molar-refractivity contribution < 1.29 is 0 Å². The lowest BCUT2D eigenvalue weighted by atomic mass is 9.67. The van der Waals surface area contributed by atoms with Gasteiger partial charge < -0.3 is 4.90 Å². The zero-order valence-electron chi connectivity index (χ0n) is 28.7. The minimum absolute atomic E-state index is 0.479. The maximum absolute atomic E-state index is 2.43. The Hall–Kier alpha value is -6.70. The van der Waals surface area contributed by atoms with Crippen LogP contribution in [-0.2, 0) is 5.41 Å². The van der Waals surface area contributed by atoms with E-state index in [2.05, 4.69) is 217 Å². The number of rotatable bonds is 6. The van der Waals surface area contributed by atoms with Crippen LogP contribution in [0, 0.1) is 0 Å². The summed E-state index contributed by atoms with van der Waals surface area (Å²) in [5.74, 6) is 0. The summed E-state index contributed by atoms with van der Waals surface area (Å²) in [7, 11) is 0. The summed E-state index contributed by atoms with van der Waals surface area (Å²) in [5.41, 5.74) is 13.1. The molecule has 0 N–H and O–H groups in total. The zero-order chi connectivity index (χ0) is 34.5. The number of fused-ring (bicyclic) bond motifs is 5. The van der Waals surface area contributed by atoms with Crippen LogP contribution in [0.25, 0.3) is 43.8 Å². The molecule has 0 radical (unpaired) electrons. The molecule has 0 atom stereocenters. The normalized spacial score (nSPS) is 12.8. The summed E-state index contributed by atoms with van der Waals surface area (Å²) in [6.45, 7) is 0. The summed E-state index contributed by atoms with van der Waals surface area (Å²) in [4.78, 5) is 2.43. The van der Waals surface area contributed by atoms with Gasteiger partial charge in [0.2, 0.25) is 0 Å². The molecule has 0 amide bonds. The molecule has 1 nitrogen and oxygen atoms in total. The average Bonchev–Trinajstić information content (AvgIpc) is 3.53. The molecule has 52 heavy (non-hydrogen) atoms. The molecular formula is C51H35N. The molecule has 1 aliphatic carbocycles. The molecule has 9 aromatic carbocycles. The molecule has 0 saturated carbocycles. The van der Waals surface area contributed by atoms with Crippen molar-refractivity contribution in [1.29, 1.82) is 0 Å². The lowest BCUT2D eigenvalue weighted by Gasteiger charge is -2.35. The van der Waals surface area contributed by atoms with E-state index in [4.69, 9.17) is 0 Å². The Morgan fingerprint density at radius 3 is 1.58 bits per heavy atom. The van der Waals surface area contributed by atoms with Crippen LogP contribution in [0.5, 0.6) is 0 Å². The Morgan fingerprint density at radius 1 is 0.327 bits per heavy atom. The van der Waals surface area contributed by atoms with E-state index in [9.17, 15) is 0 Å². The zero-order valence-corrected chi connectivity index (χ0v) is 28.7. The monoisotopic (exact) mass is 661 g/mol. The molecule has 0 aromatic heterocycles. The number of nitrogens with zero attached hydrogens (tertiary/aromatic N) is 1. The first kappa shape index (κ1) is 30.2. The topological polar surface area (TPSA) is 3.24 Å². The number of hydrogen-bond donors (Lipinski definition) is 0. The smallest absolute Gasteiger partial charge is 0.0714 e. The van der Waals surface area contributed by atoms with Gasteiger partial charge >= 0.3 is 0 Å². The largest absolute Gasteiger partial charge is 0.310 e. The van der Waals surface area contributed by atoms with Crippen LogP contribution >= 0.6 is 0 Å². The van der Waals surface area contributed by atoms with Crippen molar-refractivity contribution in [3.63, 3.8) is 0 Å². The maximum Gasteiger partial charge on any atom is 0.0714 e. The summed E-state index contributed by atoms with van der Waals surface area (Å²) < 4.78 is 0. The van der Waals surface area contributed by atoms with Gasteiger partial charge in [0, 0.05) is 16.8 Å². The van der Waals surface area contributed by atoms with Gasteiger partial charge in [0.25, 0.3) is 0 Å². The number of hydrogen-bond acceptors (Lipinski definition) is 1. The van der Waals surface area contributed by atoms with Gasteiger partial charge in [0.05, 0.1) is 11.1 Å². The summed E-state index contributed by atoms with van der Waals surface area (Å²) in [6.07, 6.45) is 0. The van der Waals surface area contributed by atoms with Crippen molar-refractivity contribution in [2.75, 3.05) is 4.90 Å². The van der Waals surface area contributed by atoms with Crippen LogP contribution in [0.1, 0.15) is 22.3 Å². The van der Waals surface area contributed by atoms with E-state index in [0.717, 1.165) is 17.1 Å². The quantitative estimate of drug-likeness (QED) is 0.171. The third-order valence-electron chi connectivity index (χ3n) is 10.9. The van der Waals surface area contributed by atoms with Crippen molar-refractivity contribution >= 4 is 38.6 Å². The van der Waals surface area contributed by atoms with Gasteiger partial charge in [0.15, 0.2) is 0 Å². The Labute approximate surface area is 304 Å². The molecule has 244 valence electrons. The fourth-order valence-electron chi connectivity index (χ4n) is 8.69. The third-order valence-corrected chi connectivity index (χ3v) is 10.9. The molecule has 0 spiro atoms. The van der Waals surface area contributed by atoms with Crippen LogP contribution < -0.4 is 4.90 Å². The van der Waals surface area contributed by atoms with Gasteiger partial charge in [-0.25, -0.2) is 0 Å². The Kier molecular flexibility index (Phi) is 7.11. The molecular weight excluding hydrogens is 627 g/mol. The van der Waals surface area contributed by atoms with E-state index in [1.807, 2.05) is 0 Å². The first-order valence-corrected chi connectivity index (χ1v) is 18.0. The van der Waals surface area contributed by atoms with Gasteiger partial charge in [-0.3, -0.25) is 0 Å². The van der Waals surface area contributed by atoms with Gasteiger partial charge in [-0.1, -0.05) is 182 Å². The highest BCUT2D eigenvalue weighted by molar-refractivity contribution is 6.00. The summed E-state index contributed by atoms with van der Waals surface area (Å²) in [5, 5.41) is 4.94. The predicted octanol–water partition coefficient (Wildman–Crippen LogP) is 13.5. The molecule has 1 heteroatoms. The van der Waals surface area contributed by atoms with Crippen molar-refractivity contribution in [2.45, 2.75) is 5.41 Å². The molecule has 0 aliphatic heterocycles. The minimum atomic E-state index is -0.479. The van der Waals surface area contributed by atoms with Crippen LogP contribution in [0.4, 0.5) is 17.1 Å². The van der Waals surface area contributed by atoms with Gasteiger partial charge in [-0.15, -0.1) is 0 Å². The van der Waals surface area contributed by atoms with Gasteiger partial charge in [0.1, 0.15) is 0 Å². The third kappa shape index (κ3) is 4.63. The molecule has 0 heterocycles. The van der Waals surface area contributed by atoms with Crippen LogP contribution in [-0.4, -0.2) is 0 Å². The van der Waals surface area contributed by atoms with Crippen molar-refractivity contribution in [2.24, 2.45) is 0 Å². The molecule has 0 bridgehead atoms. The fourth-order valence-corrected chi connectivity index (χ4v) is 8.69. The Morgan fingerprint density at radius 2 is 0.846 bits per heavy atom. The first-order valence-electron chi connectivity index (χ1n) is 18.0. The highest BCUT2D eigenvalue weighted by Gasteiger charge is 2.46. The van der Waals surface area contributed by atoms with Crippen molar-refractivity contribution in [3.05, 3.63) is 235 Å². The number of anilines is 3.